The molecule has 5 aromatic rings. The third kappa shape index (κ3) is 11.4. The van der Waals surface area contributed by atoms with Crippen molar-refractivity contribution in [2.24, 2.45) is 9.98 Å². The number of carboxylic acid groups (broad SMARTS) is 4. The van der Waals surface area contributed by atoms with E-state index in [1.165, 1.54) is 16.7 Å². The molecule has 19 heteroatoms. The van der Waals surface area contributed by atoms with Crippen molar-refractivity contribution in [3.63, 3.8) is 0 Å². The molecule has 6 N–H and O–H groups in total. The van der Waals surface area contributed by atoms with Gasteiger partial charge in [-0.1, -0.05) is 13.8 Å². The van der Waals surface area contributed by atoms with Crippen LogP contribution in [-0.4, -0.2) is 97.9 Å². The van der Waals surface area contributed by atoms with Gasteiger partial charge in [0.2, 0.25) is 0 Å². The number of carbonyl (C=O) groups is 4. The van der Waals surface area contributed by atoms with Gasteiger partial charge in [-0.2, -0.15) is 0 Å². The molecular weight excluding hydrogens is 1250 g/mol. The van der Waals surface area contributed by atoms with Gasteiger partial charge in [0.15, 0.2) is 0 Å². The Morgan fingerprint density at radius 3 is 1.38 bits per heavy atom. The fourth-order valence-electron chi connectivity index (χ4n) is 13.4. The van der Waals surface area contributed by atoms with Crippen LogP contribution < -0.4 is 10.7 Å². The standard InChI is InChI=1S/2C34H38N4O4.2ClH.Sn/c2*1-7-21-17(3)25-13-26-19(5)23(9-11-33(39)40)31(37-26)16-32-24(10-12-34(41)42)20(6)28(38-32)15-30-22(8-2)18(4)27(36-30)14-29(21)35-25;;;/h13-16H,7-12H2,1-6H3,(H4,35,36,37,38,39,40,41,42);13-16,35-36H,7-12H2,1-6H3,(H,39,40)(H,41,42);2*1H;/q;;;;+4/p-4. The van der Waals surface area contributed by atoms with Crippen molar-refractivity contribution in [2.45, 2.75) is 160 Å². The molecule has 6 aliphatic heterocycles. The van der Waals surface area contributed by atoms with Crippen molar-refractivity contribution in [1.29, 1.82) is 0 Å². The Labute approximate surface area is 517 Å². The van der Waals surface area contributed by atoms with Crippen LogP contribution in [0.5, 0.6) is 0 Å². The molecule has 14 bridgehead atoms. The van der Waals surface area contributed by atoms with Crippen molar-refractivity contribution >= 4 is 138 Å². The summed E-state index contributed by atoms with van der Waals surface area (Å²) in [7, 11) is 15.8. The average Bonchev–Trinajstić information content (AvgIpc) is 1.58. The molecule has 0 unspecified atom stereocenters. The Morgan fingerprint density at radius 1 is 0.437 bits per heavy atom. The van der Waals surface area contributed by atoms with Gasteiger partial charge in [-0.05, 0) is 122 Å². The number of nitrogens with zero attached hydrogens (tertiary/aromatic N) is 6. The summed E-state index contributed by atoms with van der Waals surface area (Å²) < 4.78 is 4.24. The van der Waals surface area contributed by atoms with Gasteiger partial charge < -0.3 is 20.2 Å². The van der Waals surface area contributed by atoms with E-state index in [9.17, 15) is 39.6 Å². The molecule has 5 aromatic heterocycles. The number of hydrogen-bond donors (Lipinski definition) is 6. The topological polar surface area (TPSA) is 241 Å². The summed E-state index contributed by atoms with van der Waals surface area (Å²) in [6, 6.07) is 8.19. The summed E-state index contributed by atoms with van der Waals surface area (Å²) in [5, 5.41) is 40.0. The second-order valence-corrected chi connectivity index (χ2v) is 37.0. The minimum absolute atomic E-state index is 0.0138. The minimum atomic E-state index is -4.78. The first-order valence-corrected chi connectivity index (χ1v) is 39.7. The van der Waals surface area contributed by atoms with E-state index in [2.05, 4.69) is 101 Å². The smallest absolute Gasteiger partial charge is 0.303 e. The van der Waals surface area contributed by atoms with Crippen LogP contribution in [-0.2, 0) is 44.9 Å². The van der Waals surface area contributed by atoms with E-state index >= 15 is 0 Å². The number of halogens is 2. The fourth-order valence-corrected chi connectivity index (χ4v) is 24.6. The first-order valence-electron chi connectivity index (χ1n) is 29.9. The molecule has 16 nitrogen and oxygen atoms in total. The van der Waals surface area contributed by atoms with E-state index in [1.54, 1.807) is 0 Å². The summed E-state index contributed by atoms with van der Waals surface area (Å²) in [4.78, 5) is 74.1. The van der Waals surface area contributed by atoms with Crippen LogP contribution in [0.15, 0.2) is 67.9 Å². The number of H-pyrrole nitrogens is 2. The molecule has 0 aromatic carbocycles. The molecule has 0 amide bonds. The van der Waals surface area contributed by atoms with E-state index in [0.717, 1.165) is 171 Å². The largest absolute Gasteiger partial charge is 0.481 e. The molecule has 11 rings (SSSR count). The van der Waals surface area contributed by atoms with E-state index in [1.807, 2.05) is 45.9 Å². The number of fused-ring (bicyclic) bond motifs is 10. The number of aliphatic carboxylic acids is 4. The van der Waals surface area contributed by atoms with E-state index in [-0.39, 0.29) is 32.1 Å². The monoisotopic (exact) mass is 1320 g/mol. The Bertz CT molecular complexity index is 4470. The number of aromatic amines is 2. The van der Waals surface area contributed by atoms with Crippen LogP contribution >= 0.6 is 17.8 Å². The number of aryl methyl sites for hydroxylation is 4. The third-order valence-electron chi connectivity index (χ3n) is 18.2. The maximum atomic E-state index is 11.9. The van der Waals surface area contributed by atoms with Crippen LogP contribution in [0.25, 0.3) is 68.7 Å². The van der Waals surface area contributed by atoms with Gasteiger partial charge in [0.25, 0.3) is 0 Å². The first kappa shape index (κ1) is 62.5. The van der Waals surface area contributed by atoms with Crippen LogP contribution in [0.3, 0.4) is 0 Å². The van der Waals surface area contributed by atoms with Crippen LogP contribution in [0.2, 0.25) is 0 Å². The number of hydrogen-bond acceptors (Lipinski definition) is 8. The molecular formula is C68H74Cl2N8O8Sn. The molecule has 6 aliphatic rings. The molecule has 87 heavy (non-hydrogen) atoms. The number of aliphatic imine (C=N–C) groups is 2. The van der Waals surface area contributed by atoms with Crippen molar-refractivity contribution in [2.75, 3.05) is 0 Å². The SMILES string of the molecule is CCC1=C(C)C2=NC1=Cc1c(C)c(CCC(=O)O)c3[n]1[Sn]([Cl])([Cl])[n]1c(c(C)c(CC)c1=C2)=CC1=NC(=C3)C(CCC(=O)O)=C1C.CCc1c(C)c2cc3[nH]c(cc4nc(cc5nc(cc1[nH]2)C(C)=C5CCC(=O)O)C(CCC(=O)O)=C4C)c(C)c3CC. The van der Waals surface area contributed by atoms with Gasteiger partial charge in [-0.25, -0.2) is 9.97 Å². The van der Waals surface area contributed by atoms with Crippen LogP contribution in [0.1, 0.15) is 185 Å². The van der Waals surface area contributed by atoms with Crippen LogP contribution in [0, 0.1) is 27.7 Å². The summed E-state index contributed by atoms with van der Waals surface area (Å²) >= 11 is -4.78. The number of nitrogens with one attached hydrogen (secondary N) is 2. The molecule has 11 heterocycles. The van der Waals surface area contributed by atoms with Gasteiger partial charge in [0.05, 0.1) is 22.8 Å². The summed E-state index contributed by atoms with van der Waals surface area (Å²) in [5.74, 6) is -3.52. The maximum absolute atomic E-state index is 11.9. The Hall–Kier alpha value is -7.54. The van der Waals surface area contributed by atoms with E-state index in [0.29, 0.717) is 36.3 Å². The Morgan fingerprint density at radius 2 is 0.874 bits per heavy atom. The quantitative estimate of drug-likeness (QED) is 0.0511. The Kier molecular flexibility index (Phi) is 17.6. The normalized spacial score (nSPS) is 15.6. The molecule has 0 radical (unpaired) electrons. The molecule has 0 saturated carbocycles. The average molecular weight is 1320 g/mol. The zero-order valence-electron chi connectivity index (χ0n) is 51.5. The number of rotatable bonds is 16. The van der Waals surface area contributed by atoms with Gasteiger partial charge >= 0.3 is 288 Å². The van der Waals surface area contributed by atoms with Crippen molar-refractivity contribution in [3.05, 3.63) is 147 Å². The fraction of sp³-hybridized carbons (Fsp3) is 0.353. The van der Waals surface area contributed by atoms with Gasteiger partial charge in [0, 0.05) is 34.9 Å². The number of allylic oxidation sites excluding steroid dienone is 8. The minimum Gasteiger partial charge on any atom is -0.481 e. The van der Waals surface area contributed by atoms with Crippen molar-refractivity contribution in [3.8, 4) is 0 Å². The van der Waals surface area contributed by atoms with E-state index < -0.39 is 40.5 Å². The predicted molar refractivity (Wildman–Crippen MR) is 351 cm³/mol. The predicted octanol–water partition coefficient (Wildman–Crippen LogP) is 13.5. The molecule has 0 spiro atoms. The molecule has 0 fully saturated rings. The second kappa shape index (κ2) is 24.6. The van der Waals surface area contributed by atoms with E-state index in [4.69, 9.17) is 37.8 Å². The third-order valence-corrected chi connectivity index (χ3v) is 28.6. The Balaban J connectivity index is 0.000000193. The van der Waals surface area contributed by atoms with Crippen molar-refractivity contribution in [1.82, 2.24) is 25.5 Å². The van der Waals surface area contributed by atoms with Gasteiger partial charge in [0.1, 0.15) is 0 Å². The van der Waals surface area contributed by atoms with Crippen LogP contribution in [0.4, 0.5) is 0 Å². The number of carboxylic acids is 4. The van der Waals surface area contributed by atoms with Crippen molar-refractivity contribution < 1.29 is 39.6 Å². The molecule has 0 saturated heterocycles. The summed E-state index contributed by atoms with van der Waals surface area (Å²) in [5.41, 5.74) is 28.0. The number of aromatic nitrogens is 6. The molecule has 452 valence electrons. The second-order valence-electron chi connectivity index (χ2n) is 23.1. The first-order chi connectivity index (χ1) is 41.3. The summed E-state index contributed by atoms with van der Waals surface area (Å²) in [6.07, 6.45) is 12.6. The maximum Gasteiger partial charge on any atom is 0.303 e. The summed E-state index contributed by atoms with van der Waals surface area (Å²) in [6.45, 7) is 25.0. The molecule has 0 aliphatic carbocycles. The van der Waals surface area contributed by atoms with Gasteiger partial charge in [-0.3, -0.25) is 9.59 Å². The van der Waals surface area contributed by atoms with Gasteiger partial charge in [-0.15, -0.1) is 0 Å². The molecule has 0 atom stereocenters. The zero-order valence-corrected chi connectivity index (χ0v) is 55.8. The zero-order chi connectivity index (χ0) is 62.8.